The summed E-state index contributed by atoms with van der Waals surface area (Å²) in [4.78, 5) is 10.8. The summed E-state index contributed by atoms with van der Waals surface area (Å²) in [5.74, 6) is -1.59. The number of aromatic amines is 1. The van der Waals surface area contributed by atoms with Gasteiger partial charge in [-0.25, -0.2) is 13.2 Å². The fourth-order valence-electron chi connectivity index (χ4n) is 2.32. The first-order valence-electron chi connectivity index (χ1n) is 6.21. The molecule has 112 valence electrons. The second kappa shape index (κ2) is 5.15. The molecule has 1 fully saturated rings. The Hall–Kier alpha value is -1.45. The van der Waals surface area contributed by atoms with Gasteiger partial charge in [0.25, 0.3) is 0 Å². The van der Waals surface area contributed by atoms with Crippen molar-refractivity contribution in [2.75, 3.05) is 13.1 Å². The number of nitrogens with zero attached hydrogens (tertiary/aromatic N) is 2. The van der Waals surface area contributed by atoms with E-state index in [1.54, 1.807) is 6.92 Å². The van der Waals surface area contributed by atoms with E-state index in [2.05, 4.69) is 10.2 Å². The molecule has 1 aliphatic rings. The smallest absolute Gasteiger partial charge is 0.357 e. The predicted octanol–water partition coefficient (Wildman–Crippen LogP) is -0.192. The van der Waals surface area contributed by atoms with E-state index in [4.69, 9.17) is 5.11 Å². The summed E-state index contributed by atoms with van der Waals surface area (Å²) >= 11 is 0. The van der Waals surface area contributed by atoms with Crippen molar-refractivity contribution in [3.63, 3.8) is 0 Å². The molecule has 0 aromatic carbocycles. The number of nitrogens with one attached hydrogen (secondary N) is 1. The predicted molar refractivity (Wildman–Crippen MR) is 68.8 cm³/mol. The monoisotopic (exact) mass is 303 g/mol. The number of aliphatic hydroxyl groups excluding tert-OH is 1. The molecule has 0 saturated carbocycles. The van der Waals surface area contributed by atoms with Crippen molar-refractivity contribution in [2.24, 2.45) is 5.92 Å². The first-order chi connectivity index (χ1) is 9.25. The highest BCUT2D eigenvalue weighted by Gasteiger charge is 2.37. The van der Waals surface area contributed by atoms with Crippen LogP contribution in [-0.2, 0) is 10.0 Å². The molecule has 1 aromatic rings. The number of aromatic nitrogens is 2. The number of H-pyrrole nitrogens is 1. The number of sulfonamides is 1. The van der Waals surface area contributed by atoms with E-state index >= 15 is 0 Å². The molecule has 1 aromatic heterocycles. The van der Waals surface area contributed by atoms with Crippen molar-refractivity contribution >= 4 is 16.0 Å². The molecule has 0 spiro atoms. The van der Waals surface area contributed by atoms with Gasteiger partial charge in [0, 0.05) is 13.1 Å². The van der Waals surface area contributed by atoms with Gasteiger partial charge < -0.3 is 10.2 Å². The molecule has 20 heavy (non-hydrogen) atoms. The third-order valence-corrected chi connectivity index (χ3v) is 5.54. The van der Waals surface area contributed by atoms with Crippen molar-refractivity contribution in [1.82, 2.24) is 14.5 Å². The fourth-order valence-corrected chi connectivity index (χ4v) is 4.17. The maximum Gasteiger partial charge on any atom is 0.357 e. The van der Waals surface area contributed by atoms with Crippen LogP contribution in [0.2, 0.25) is 0 Å². The Labute approximate surface area is 116 Å². The Morgan fingerprint density at radius 2 is 2.15 bits per heavy atom. The summed E-state index contributed by atoms with van der Waals surface area (Å²) in [6.45, 7) is 3.55. The summed E-state index contributed by atoms with van der Waals surface area (Å²) in [5, 5.41) is 24.6. The maximum atomic E-state index is 12.6. The van der Waals surface area contributed by atoms with Crippen molar-refractivity contribution in [3.8, 4) is 0 Å². The molecule has 3 N–H and O–H groups in total. The van der Waals surface area contributed by atoms with Gasteiger partial charge in [-0.1, -0.05) is 6.92 Å². The second-order valence-corrected chi connectivity index (χ2v) is 6.90. The van der Waals surface area contributed by atoms with Gasteiger partial charge in [0.15, 0.2) is 5.69 Å². The lowest BCUT2D eigenvalue weighted by molar-refractivity contribution is 0.0624. The topological polar surface area (TPSA) is 124 Å². The number of aromatic carboxylic acids is 1. The van der Waals surface area contributed by atoms with Crippen LogP contribution in [0.3, 0.4) is 0 Å². The van der Waals surface area contributed by atoms with Crippen molar-refractivity contribution in [2.45, 2.75) is 31.3 Å². The van der Waals surface area contributed by atoms with Gasteiger partial charge >= 0.3 is 5.97 Å². The molecule has 0 radical (unpaired) electrons. The summed E-state index contributed by atoms with van der Waals surface area (Å²) < 4.78 is 26.3. The normalized spacial score (nSPS) is 24.8. The Balaban J connectivity index is 2.41. The van der Waals surface area contributed by atoms with Crippen LogP contribution in [0.25, 0.3) is 0 Å². The average molecular weight is 303 g/mol. The quantitative estimate of drug-likeness (QED) is 0.711. The van der Waals surface area contributed by atoms with Gasteiger partial charge in [-0.05, 0) is 19.3 Å². The molecule has 1 aliphatic heterocycles. The van der Waals surface area contributed by atoms with Gasteiger partial charge in [0.2, 0.25) is 10.0 Å². The molecule has 0 aliphatic carbocycles. The van der Waals surface area contributed by atoms with Crippen LogP contribution < -0.4 is 0 Å². The molecule has 9 heteroatoms. The molecule has 8 nitrogen and oxygen atoms in total. The zero-order valence-electron chi connectivity index (χ0n) is 11.2. The zero-order valence-corrected chi connectivity index (χ0v) is 12.0. The summed E-state index contributed by atoms with van der Waals surface area (Å²) in [6.07, 6.45) is -0.203. The van der Waals surface area contributed by atoms with Gasteiger partial charge in [-0.15, -0.1) is 0 Å². The number of carboxylic acids is 1. The van der Waals surface area contributed by atoms with Crippen molar-refractivity contribution in [1.29, 1.82) is 0 Å². The third kappa shape index (κ3) is 2.43. The van der Waals surface area contributed by atoms with Crippen molar-refractivity contribution in [3.05, 3.63) is 11.4 Å². The largest absolute Gasteiger partial charge is 0.476 e. The van der Waals surface area contributed by atoms with E-state index in [1.807, 2.05) is 0 Å². The van der Waals surface area contributed by atoms with Crippen LogP contribution in [0.5, 0.6) is 0 Å². The summed E-state index contributed by atoms with van der Waals surface area (Å²) in [6, 6.07) is 0. The number of carboxylic acid groups (broad SMARTS) is 1. The lowest BCUT2D eigenvalue weighted by atomic mass is 9.99. The van der Waals surface area contributed by atoms with Crippen LogP contribution in [0.15, 0.2) is 4.90 Å². The van der Waals surface area contributed by atoms with Gasteiger partial charge in [0.05, 0.1) is 11.8 Å². The molecule has 2 heterocycles. The zero-order chi connectivity index (χ0) is 15.1. The van der Waals surface area contributed by atoms with Gasteiger partial charge in [-0.2, -0.15) is 9.40 Å². The van der Waals surface area contributed by atoms with Crippen LogP contribution in [0, 0.1) is 12.8 Å². The number of piperidine rings is 1. The van der Waals surface area contributed by atoms with E-state index in [9.17, 15) is 18.3 Å². The Kier molecular flexibility index (Phi) is 3.85. The molecule has 2 atom stereocenters. The van der Waals surface area contributed by atoms with Crippen LogP contribution in [0.1, 0.15) is 29.5 Å². The highest BCUT2D eigenvalue weighted by molar-refractivity contribution is 7.89. The molecule has 2 unspecified atom stereocenters. The number of hydrogen-bond donors (Lipinski definition) is 3. The minimum absolute atomic E-state index is 0.160. The Morgan fingerprint density at radius 1 is 1.50 bits per heavy atom. The first kappa shape index (κ1) is 14.9. The lowest BCUT2D eigenvalue weighted by Gasteiger charge is -2.33. The Morgan fingerprint density at radius 3 is 2.70 bits per heavy atom. The van der Waals surface area contributed by atoms with Gasteiger partial charge in [0.1, 0.15) is 4.90 Å². The van der Waals surface area contributed by atoms with Crippen LogP contribution >= 0.6 is 0 Å². The molecule has 0 bridgehead atoms. The van der Waals surface area contributed by atoms with E-state index < -0.39 is 27.8 Å². The molecule has 2 rings (SSSR count). The fraction of sp³-hybridized carbons (Fsp3) is 0.636. The third-order valence-electron chi connectivity index (χ3n) is 3.51. The van der Waals surface area contributed by atoms with Crippen LogP contribution in [0.4, 0.5) is 0 Å². The SMILES string of the molecule is Cc1[nH]nc(C(=O)O)c1S(=O)(=O)N1CCC(O)C(C)C1. The molecule has 1 saturated heterocycles. The molecule has 0 amide bonds. The lowest BCUT2D eigenvalue weighted by Crippen LogP contribution is -2.45. The highest BCUT2D eigenvalue weighted by Crippen LogP contribution is 2.27. The first-order valence-corrected chi connectivity index (χ1v) is 7.65. The number of aliphatic hydroxyl groups is 1. The van der Waals surface area contributed by atoms with E-state index in [-0.39, 0.29) is 29.6 Å². The Bertz CT molecular complexity index is 624. The maximum absolute atomic E-state index is 12.6. The van der Waals surface area contributed by atoms with E-state index in [1.165, 1.54) is 11.2 Å². The van der Waals surface area contributed by atoms with E-state index in [0.29, 0.717) is 6.42 Å². The molecular weight excluding hydrogens is 286 g/mol. The van der Waals surface area contributed by atoms with E-state index in [0.717, 1.165) is 0 Å². The van der Waals surface area contributed by atoms with Crippen molar-refractivity contribution < 1.29 is 23.4 Å². The summed E-state index contributed by atoms with van der Waals surface area (Å²) in [7, 11) is -3.93. The number of hydrogen-bond acceptors (Lipinski definition) is 5. The second-order valence-electron chi connectivity index (χ2n) is 5.03. The van der Waals surface area contributed by atoms with Crippen LogP contribution in [-0.4, -0.2) is 58.3 Å². The standard InChI is InChI=1S/C11H17N3O5S/c1-6-5-14(4-3-8(6)15)20(18,19)10-7(2)12-13-9(10)11(16)17/h6,8,15H,3-5H2,1-2H3,(H,12,13)(H,16,17). The molecular formula is C11H17N3O5S. The minimum atomic E-state index is -3.93. The highest BCUT2D eigenvalue weighted by atomic mass is 32.2. The number of rotatable bonds is 3. The number of carbonyl (C=O) groups is 1. The minimum Gasteiger partial charge on any atom is -0.476 e. The average Bonchev–Trinajstić information content (AvgIpc) is 2.75. The number of aryl methyl sites for hydroxylation is 1. The summed E-state index contributed by atoms with van der Waals surface area (Å²) in [5.41, 5.74) is -0.303. The van der Waals surface area contributed by atoms with Gasteiger partial charge in [-0.3, -0.25) is 5.10 Å².